The van der Waals surface area contributed by atoms with Crippen molar-refractivity contribution in [2.75, 3.05) is 19.6 Å². The molecule has 1 saturated heterocycles. The molecule has 0 radical (unpaired) electrons. The summed E-state index contributed by atoms with van der Waals surface area (Å²) >= 11 is 0. The van der Waals surface area contributed by atoms with Crippen LogP contribution in [-0.4, -0.2) is 39.4 Å². The van der Waals surface area contributed by atoms with Crippen molar-refractivity contribution in [2.45, 2.75) is 26.3 Å². The Morgan fingerprint density at radius 1 is 1.14 bits per heavy atom. The molecule has 1 aliphatic heterocycles. The summed E-state index contributed by atoms with van der Waals surface area (Å²) in [6.45, 7) is 6.52. The maximum atomic E-state index is 10.0. The molecule has 0 bridgehead atoms. The van der Waals surface area contributed by atoms with E-state index in [1.807, 2.05) is 41.2 Å². The zero-order valence-electron chi connectivity index (χ0n) is 12.6. The Hall–Kier alpha value is -1.81. The van der Waals surface area contributed by atoms with Crippen LogP contribution in [0.25, 0.3) is 11.1 Å². The molecule has 1 aromatic carbocycles. The second-order valence-electron chi connectivity index (χ2n) is 6.02. The number of hydrogen-bond donors (Lipinski definition) is 1. The van der Waals surface area contributed by atoms with Crippen molar-refractivity contribution in [3.63, 3.8) is 0 Å². The van der Waals surface area contributed by atoms with Gasteiger partial charge < -0.3 is 10.0 Å². The number of benzene rings is 1. The standard InChI is InChI=1S/C17H23N3O/c1-14-7-9-19(10-8-14)11-12-20-13-16(17(21)18-20)15-5-3-2-4-6-15/h2-6,13-14H,7-12H2,1H3,(H,18,21). The first-order valence-electron chi connectivity index (χ1n) is 7.76. The van der Waals surface area contributed by atoms with Crippen molar-refractivity contribution < 1.29 is 5.11 Å². The molecule has 0 atom stereocenters. The van der Waals surface area contributed by atoms with Gasteiger partial charge in [-0.2, -0.15) is 0 Å². The van der Waals surface area contributed by atoms with Gasteiger partial charge in [0.15, 0.2) is 0 Å². The summed E-state index contributed by atoms with van der Waals surface area (Å²) in [4.78, 5) is 2.49. The third-order valence-corrected chi connectivity index (χ3v) is 4.35. The largest absolute Gasteiger partial charge is 0.492 e. The number of likely N-dealkylation sites (tertiary alicyclic amines) is 1. The van der Waals surface area contributed by atoms with Crippen molar-refractivity contribution in [2.24, 2.45) is 5.92 Å². The number of hydrogen-bond acceptors (Lipinski definition) is 3. The minimum Gasteiger partial charge on any atom is -0.492 e. The molecule has 1 aliphatic rings. The van der Waals surface area contributed by atoms with Crippen molar-refractivity contribution in [1.29, 1.82) is 0 Å². The molecule has 2 aromatic rings. The number of rotatable bonds is 4. The van der Waals surface area contributed by atoms with Gasteiger partial charge in [0.25, 0.3) is 0 Å². The molecule has 1 N–H and O–H groups in total. The Balaban J connectivity index is 1.62. The number of piperidine rings is 1. The summed E-state index contributed by atoms with van der Waals surface area (Å²) in [7, 11) is 0. The quantitative estimate of drug-likeness (QED) is 0.939. The highest BCUT2D eigenvalue weighted by Crippen LogP contribution is 2.27. The predicted molar refractivity (Wildman–Crippen MR) is 84.2 cm³/mol. The van der Waals surface area contributed by atoms with Gasteiger partial charge in [-0.25, -0.2) is 0 Å². The van der Waals surface area contributed by atoms with Crippen molar-refractivity contribution in [3.05, 3.63) is 36.5 Å². The van der Waals surface area contributed by atoms with E-state index in [1.54, 1.807) is 0 Å². The first-order valence-corrected chi connectivity index (χ1v) is 7.76. The van der Waals surface area contributed by atoms with Crippen LogP contribution < -0.4 is 0 Å². The topological polar surface area (TPSA) is 41.3 Å². The molecule has 112 valence electrons. The Labute approximate surface area is 126 Å². The lowest BCUT2D eigenvalue weighted by Crippen LogP contribution is -2.35. The summed E-state index contributed by atoms with van der Waals surface area (Å²) in [5.74, 6) is 0.980. The van der Waals surface area contributed by atoms with Gasteiger partial charge in [0, 0.05) is 12.7 Å². The van der Waals surface area contributed by atoms with E-state index in [1.165, 1.54) is 25.9 Å². The Morgan fingerprint density at radius 2 is 1.86 bits per heavy atom. The summed E-state index contributed by atoms with van der Waals surface area (Å²) in [6.07, 6.45) is 4.52. The van der Waals surface area contributed by atoms with Gasteiger partial charge in [0.2, 0.25) is 5.88 Å². The third-order valence-electron chi connectivity index (χ3n) is 4.35. The van der Waals surface area contributed by atoms with E-state index in [9.17, 15) is 5.11 Å². The molecule has 4 nitrogen and oxygen atoms in total. The van der Waals surface area contributed by atoms with E-state index in [-0.39, 0.29) is 5.88 Å². The molecule has 4 heteroatoms. The van der Waals surface area contributed by atoms with Crippen LogP contribution in [0, 0.1) is 5.92 Å². The maximum Gasteiger partial charge on any atom is 0.238 e. The van der Waals surface area contributed by atoms with E-state index in [0.717, 1.165) is 30.1 Å². The van der Waals surface area contributed by atoms with Crippen LogP contribution in [-0.2, 0) is 6.54 Å². The van der Waals surface area contributed by atoms with E-state index < -0.39 is 0 Å². The SMILES string of the molecule is CC1CCN(CCn2cc(-c3ccccc3)c(O)n2)CC1. The van der Waals surface area contributed by atoms with Gasteiger partial charge in [-0.05, 0) is 37.4 Å². The average molecular weight is 285 g/mol. The molecule has 0 amide bonds. The lowest BCUT2D eigenvalue weighted by atomic mass is 9.99. The predicted octanol–water partition coefficient (Wildman–Crippen LogP) is 2.99. The number of nitrogens with zero attached hydrogens (tertiary/aromatic N) is 3. The van der Waals surface area contributed by atoms with Crippen LogP contribution in [0.4, 0.5) is 0 Å². The molecule has 0 saturated carbocycles. The average Bonchev–Trinajstić information content (AvgIpc) is 2.89. The maximum absolute atomic E-state index is 10.0. The second kappa shape index (κ2) is 6.31. The van der Waals surface area contributed by atoms with Gasteiger partial charge in [-0.1, -0.05) is 37.3 Å². The van der Waals surface area contributed by atoms with Crippen LogP contribution in [0.3, 0.4) is 0 Å². The number of aromatic nitrogens is 2. The van der Waals surface area contributed by atoms with Gasteiger partial charge >= 0.3 is 0 Å². The van der Waals surface area contributed by atoms with Gasteiger partial charge in [0.1, 0.15) is 0 Å². The smallest absolute Gasteiger partial charge is 0.238 e. The lowest BCUT2D eigenvalue weighted by molar-refractivity contribution is 0.184. The van der Waals surface area contributed by atoms with Crippen LogP contribution in [0.5, 0.6) is 5.88 Å². The highest BCUT2D eigenvalue weighted by atomic mass is 16.3. The fourth-order valence-electron chi connectivity index (χ4n) is 2.88. The lowest BCUT2D eigenvalue weighted by Gasteiger charge is -2.29. The summed E-state index contributed by atoms with van der Waals surface area (Å²) in [5, 5.41) is 14.2. The molecule has 3 rings (SSSR count). The minimum atomic E-state index is 0.119. The van der Waals surface area contributed by atoms with Crippen LogP contribution >= 0.6 is 0 Å². The molecule has 1 fully saturated rings. The molecule has 21 heavy (non-hydrogen) atoms. The van der Waals surface area contributed by atoms with Crippen LogP contribution in [0.1, 0.15) is 19.8 Å². The van der Waals surface area contributed by atoms with Crippen molar-refractivity contribution >= 4 is 0 Å². The van der Waals surface area contributed by atoms with E-state index in [0.29, 0.717) is 0 Å². The zero-order valence-corrected chi connectivity index (χ0v) is 12.6. The van der Waals surface area contributed by atoms with E-state index in [2.05, 4.69) is 16.9 Å². The Kier molecular flexibility index (Phi) is 4.25. The highest BCUT2D eigenvalue weighted by Gasteiger charge is 2.16. The van der Waals surface area contributed by atoms with Crippen molar-refractivity contribution in [1.82, 2.24) is 14.7 Å². The Bertz CT molecular complexity index is 571. The van der Waals surface area contributed by atoms with Gasteiger partial charge in [-0.3, -0.25) is 4.68 Å². The molecular formula is C17H23N3O. The molecule has 2 heterocycles. The molecule has 0 spiro atoms. The molecule has 0 unspecified atom stereocenters. The molecule has 0 aliphatic carbocycles. The van der Waals surface area contributed by atoms with Crippen LogP contribution in [0.2, 0.25) is 0 Å². The summed E-state index contributed by atoms with van der Waals surface area (Å²) in [5.41, 5.74) is 1.82. The van der Waals surface area contributed by atoms with Gasteiger partial charge in [0.05, 0.1) is 12.1 Å². The number of aromatic hydroxyl groups is 1. The van der Waals surface area contributed by atoms with Gasteiger partial charge in [-0.15, -0.1) is 5.10 Å². The third kappa shape index (κ3) is 3.45. The second-order valence-corrected chi connectivity index (χ2v) is 6.02. The molecule has 1 aromatic heterocycles. The normalized spacial score (nSPS) is 17.2. The van der Waals surface area contributed by atoms with Crippen molar-refractivity contribution in [3.8, 4) is 17.0 Å². The fourth-order valence-corrected chi connectivity index (χ4v) is 2.88. The zero-order chi connectivity index (χ0) is 14.7. The Morgan fingerprint density at radius 3 is 2.57 bits per heavy atom. The highest BCUT2D eigenvalue weighted by molar-refractivity contribution is 5.67. The van der Waals surface area contributed by atoms with E-state index >= 15 is 0 Å². The first-order chi connectivity index (χ1) is 10.2. The first kappa shape index (κ1) is 14.1. The van der Waals surface area contributed by atoms with E-state index in [4.69, 9.17) is 0 Å². The summed E-state index contributed by atoms with van der Waals surface area (Å²) < 4.78 is 1.86. The monoisotopic (exact) mass is 285 g/mol. The summed E-state index contributed by atoms with van der Waals surface area (Å²) in [6, 6.07) is 9.91. The molecular weight excluding hydrogens is 262 g/mol. The minimum absolute atomic E-state index is 0.119. The van der Waals surface area contributed by atoms with Crippen LogP contribution in [0.15, 0.2) is 36.5 Å². The fraction of sp³-hybridized carbons (Fsp3) is 0.471.